The van der Waals surface area contributed by atoms with Crippen LogP contribution in [0.3, 0.4) is 0 Å². The molecule has 1 aliphatic heterocycles. The van der Waals surface area contributed by atoms with Crippen LogP contribution in [0.2, 0.25) is 5.15 Å². The molecule has 0 bridgehead atoms. The van der Waals surface area contributed by atoms with Gasteiger partial charge in [0, 0.05) is 22.3 Å². The quantitative estimate of drug-likeness (QED) is 0.785. The highest BCUT2D eigenvalue weighted by atomic mass is 79.9. The van der Waals surface area contributed by atoms with E-state index < -0.39 is 6.23 Å². The maximum Gasteiger partial charge on any atom is 0.160 e. The molecule has 5 heteroatoms. The van der Waals surface area contributed by atoms with E-state index in [2.05, 4.69) is 25.8 Å². The summed E-state index contributed by atoms with van der Waals surface area (Å²) >= 11 is 9.56. The van der Waals surface area contributed by atoms with Gasteiger partial charge in [-0.3, -0.25) is 0 Å². The molecule has 1 atom stereocenters. The molecule has 1 N–H and O–H groups in total. The number of aliphatic hydroxyl groups excluding tert-OH is 1. The molecule has 0 radical (unpaired) electrons. The number of pyridine rings is 1. The van der Waals surface area contributed by atoms with Crippen molar-refractivity contribution < 1.29 is 5.11 Å². The standard InChI is InChI=1S/C14H16BrClN2O/c1-8-10-7-17-12(16)6-11(10)18(14(19)13(8)15)9-4-2-3-5-9/h6-7,9,14,19H,2-5H2,1H3. The minimum atomic E-state index is -0.617. The molecule has 1 fully saturated rings. The zero-order chi connectivity index (χ0) is 13.6. The Balaban J connectivity index is 2.13. The number of nitrogens with zero attached hydrogens (tertiary/aromatic N) is 2. The Morgan fingerprint density at radius 1 is 1.42 bits per heavy atom. The summed E-state index contributed by atoms with van der Waals surface area (Å²) in [6.07, 6.45) is 5.87. The van der Waals surface area contributed by atoms with Crippen LogP contribution in [0.25, 0.3) is 5.57 Å². The van der Waals surface area contributed by atoms with Gasteiger partial charge in [-0.05, 0) is 31.4 Å². The third-order valence-electron chi connectivity index (χ3n) is 4.10. The van der Waals surface area contributed by atoms with Crippen molar-refractivity contribution in [2.75, 3.05) is 4.90 Å². The molecule has 0 aromatic carbocycles. The number of rotatable bonds is 1. The van der Waals surface area contributed by atoms with Gasteiger partial charge >= 0.3 is 0 Å². The van der Waals surface area contributed by atoms with Crippen molar-refractivity contribution >= 4 is 38.8 Å². The topological polar surface area (TPSA) is 36.4 Å². The van der Waals surface area contributed by atoms with Crippen LogP contribution in [0.15, 0.2) is 16.7 Å². The van der Waals surface area contributed by atoms with Crippen molar-refractivity contribution in [3.63, 3.8) is 0 Å². The molecular formula is C14H16BrClN2O. The van der Waals surface area contributed by atoms with Crippen LogP contribution >= 0.6 is 27.5 Å². The summed E-state index contributed by atoms with van der Waals surface area (Å²) in [6.45, 7) is 1.99. The maximum atomic E-state index is 10.6. The van der Waals surface area contributed by atoms with Gasteiger partial charge in [0.25, 0.3) is 0 Å². The minimum Gasteiger partial charge on any atom is -0.369 e. The Bertz CT molecular complexity index is 540. The first-order valence-corrected chi connectivity index (χ1v) is 7.75. The predicted molar refractivity (Wildman–Crippen MR) is 81.5 cm³/mol. The lowest BCUT2D eigenvalue weighted by molar-refractivity contribution is 0.200. The van der Waals surface area contributed by atoms with Crippen LogP contribution in [0, 0.1) is 0 Å². The molecule has 19 heavy (non-hydrogen) atoms. The number of hydrogen-bond donors (Lipinski definition) is 1. The summed E-state index contributed by atoms with van der Waals surface area (Å²) in [5, 5.41) is 11.0. The van der Waals surface area contributed by atoms with Gasteiger partial charge in [-0.25, -0.2) is 4.98 Å². The average Bonchev–Trinajstić information content (AvgIpc) is 2.90. The van der Waals surface area contributed by atoms with Gasteiger partial charge in [0.15, 0.2) is 6.23 Å². The zero-order valence-corrected chi connectivity index (χ0v) is 13.1. The SMILES string of the molecule is CC1=C(Br)C(O)N(C2CCCC2)c2cc(Cl)ncc21. The Morgan fingerprint density at radius 2 is 2.11 bits per heavy atom. The van der Waals surface area contributed by atoms with Crippen LogP contribution in [-0.2, 0) is 0 Å². The molecule has 1 aromatic heterocycles. The number of halogens is 2. The second kappa shape index (κ2) is 5.08. The fraction of sp³-hybridized carbons (Fsp3) is 0.500. The number of allylic oxidation sites excluding steroid dienone is 1. The number of aromatic nitrogens is 1. The molecule has 3 rings (SSSR count). The van der Waals surface area contributed by atoms with E-state index in [0.717, 1.165) is 34.1 Å². The summed E-state index contributed by atoms with van der Waals surface area (Å²) in [6, 6.07) is 2.24. The number of fused-ring (bicyclic) bond motifs is 1. The van der Waals surface area contributed by atoms with E-state index in [1.807, 2.05) is 13.0 Å². The van der Waals surface area contributed by atoms with E-state index in [1.165, 1.54) is 12.8 Å². The summed E-state index contributed by atoms with van der Waals surface area (Å²) < 4.78 is 0.830. The van der Waals surface area contributed by atoms with Crippen molar-refractivity contribution in [2.45, 2.75) is 44.9 Å². The van der Waals surface area contributed by atoms with Crippen molar-refractivity contribution in [3.05, 3.63) is 27.5 Å². The summed E-state index contributed by atoms with van der Waals surface area (Å²) in [4.78, 5) is 6.26. The normalized spacial score (nSPS) is 24.0. The smallest absolute Gasteiger partial charge is 0.160 e. The first-order chi connectivity index (χ1) is 9.09. The van der Waals surface area contributed by atoms with E-state index >= 15 is 0 Å². The van der Waals surface area contributed by atoms with E-state index in [9.17, 15) is 5.11 Å². The highest BCUT2D eigenvalue weighted by Crippen LogP contribution is 2.43. The Hall–Kier alpha value is -0.580. The largest absolute Gasteiger partial charge is 0.369 e. The van der Waals surface area contributed by atoms with Crippen LogP contribution in [-0.4, -0.2) is 22.4 Å². The van der Waals surface area contributed by atoms with Crippen molar-refractivity contribution in [1.29, 1.82) is 0 Å². The second-order valence-electron chi connectivity index (χ2n) is 5.22. The molecule has 0 spiro atoms. The van der Waals surface area contributed by atoms with Crippen molar-refractivity contribution in [3.8, 4) is 0 Å². The molecule has 1 saturated carbocycles. The number of hydrogen-bond acceptors (Lipinski definition) is 3. The number of anilines is 1. The van der Waals surface area contributed by atoms with Crippen LogP contribution < -0.4 is 4.90 Å². The third-order valence-corrected chi connectivity index (χ3v) is 5.31. The monoisotopic (exact) mass is 342 g/mol. The lowest BCUT2D eigenvalue weighted by atomic mass is 9.99. The number of aliphatic hydroxyl groups is 1. The molecule has 1 aromatic rings. The first kappa shape index (κ1) is 13.4. The van der Waals surface area contributed by atoms with Gasteiger partial charge in [0.2, 0.25) is 0 Å². The van der Waals surface area contributed by atoms with Gasteiger partial charge in [-0.2, -0.15) is 0 Å². The summed E-state index contributed by atoms with van der Waals surface area (Å²) in [7, 11) is 0. The molecule has 102 valence electrons. The van der Waals surface area contributed by atoms with E-state index in [4.69, 9.17) is 11.6 Å². The molecule has 1 unspecified atom stereocenters. The second-order valence-corrected chi connectivity index (χ2v) is 6.46. The van der Waals surface area contributed by atoms with Crippen molar-refractivity contribution in [2.24, 2.45) is 0 Å². The average molecular weight is 344 g/mol. The zero-order valence-electron chi connectivity index (χ0n) is 10.7. The molecule has 1 aliphatic carbocycles. The third kappa shape index (κ3) is 2.20. The van der Waals surface area contributed by atoms with E-state index in [0.29, 0.717) is 11.2 Å². The van der Waals surface area contributed by atoms with Gasteiger partial charge in [-0.1, -0.05) is 40.4 Å². The van der Waals surface area contributed by atoms with Crippen molar-refractivity contribution in [1.82, 2.24) is 4.98 Å². The maximum absolute atomic E-state index is 10.6. The van der Waals surface area contributed by atoms with Gasteiger partial charge < -0.3 is 10.0 Å². The van der Waals surface area contributed by atoms with E-state index in [1.54, 1.807) is 6.20 Å². The lowest BCUT2D eigenvalue weighted by Crippen LogP contribution is -2.45. The van der Waals surface area contributed by atoms with E-state index in [-0.39, 0.29) is 0 Å². The van der Waals surface area contributed by atoms with Crippen LogP contribution in [0.5, 0.6) is 0 Å². The fourth-order valence-corrected chi connectivity index (χ4v) is 3.66. The lowest BCUT2D eigenvalue weighted by Gasteiger charge is -2.40. The first-order valence-electron chi connectivity index (χ1n) is 6.58. The highest BCUT2D eigenvalue weighted by molar-refractivity contribution is 9.11. The van der Waals surface area contributed by atoms with Gasteiger partial charge in [0.1, 0.15) is 5.15 Å². The summed E-state index contributed by atoms with van der Waals surface area (Å²) in [5.41, 5.74) is 3.08. The van der Waals surface area contributed by atoms with Gasteiger partial charge in [-0.15, -0.1) is 0 Å². The minimum absolute atomic E-state index is 0.382. The molecule has 3 nitrogen and oxygen atoms in total. The molecular weight excluding hydrogens is 328 g/mol. The highest BCUT2D eigenvalue weighted by Gasteiger charge is 2.35. The van der Waals surface area contributed by atoms with Gasteiger partial charge in [0.05, 0.1) is 5.69 Å². The Labute approximate surface area is 126 Å². The molecule has 2 aliphatic rings. The summed E-state index contributed by atoms with van der Waals surface area (Å²) in [5.74, 6) is 0. The molecule has 2 heterocycles. The molecule has 0 amide bonds. The Kier molecular flexibility index (Phi) is 3.58. The predicted octanol–water partition coefficient (Wildman–Crippen LogP) is 3.94. The Morgan fingerprint density at radius 3 is 2.79 bits per heavy atom. The molecule has 0 saturated heterocycles. The van der Waals surface area contributed by atoms with Crippen LogP contribution in [0.1, 0.15) is 38.2 Å². The fourth-order valence-electron chi connectivity index (χ4n) is 3.08. The van der Waals surface area contributed by atoms with Crippen LogP contribution in [0.4, 0.5) is 5.69 Å².